The summed E-state index contributed by atoms with van der Waals surface area (Å²) in [5, 5.41) is 0. The fourth-order valence-electron chi connectivity index (χ4n) is 4.94. The lowest BCUT2D eigenvalue weighted by Gasteiger charge is -2.09. The Labute approximate surface area is 309 Å². The van der Waals surface area contributed by atoms with Crippen LogP contribution in [0.3, 0.4) is 0 Å². The van der Waals surface area contributed by atoms with Crippen molar-refractivity contribution in [3.63, 3.8) is 0 Å². The number of methoxy groups -OCH3 is 4. The van der Waals surface area contributed by atoms with Gasteiger partial charge in [-0.25, -0.2) is 29.1 Å². The van der Waals surface area contributed by atoms with Crippen LogP contribution in [0.15, 0.2) is 73.3 Å². The Morgan fingerprint density at radius 2 is 0.574 bits per heavy atom. The van der Waals surface area contributed by atoms with Gasteiger partial charge in [-0.3, -0.25) is 19.9 Å². The minimum Gasteiger partial charge on any atom is -0.465 e. The number of rotatable bonds is 12. The molecule has 0 aliphatic rings. The molecule has 0 aliphatic carbocycles. The van der Waals surface area contributed by atoms with Crippen LogP contribution in [0, 0.1) is 0 Å². The molecule has 0 aliphatic heterocycles. The molecular formula is C40H32N6O8. The molecule has 5 rings (SSSR count). The third-order valence-corrected chi connectivity index (χ3v) is 7.58. The summed E-state index contributed by atoms with van der Waals surface area (Å²) in [6.45, 7) is 0. The fourth-order valence-corrected chi connectivity index (χ4v) is 4.94. The van der Waals surface area contributed by atoms with E-state index < -0.39 is 23.9 Å². The average molecular weight is 725 g/mol. The Kier molecular flexibility index (Phi) is 12.7. The second kappa shape index (κ2) is 18.1. The minimum atomic E-state index is -0.582. The molecule has 0 unspecified atom stereocenters. The first-order chi connectivity index (χ1) is 26.3. The molecule has 0 bridgehead atoms. The predicted molar refractivity (Wildman–Crippen MR) is 200 cm³/mol. The van der Waals surface area contributed by atoms with E-state index in [1.54, 1.807) is 97.1 Å². The SMILES string of the molecule is COC(=O)c1cccnc1/C=C/c1nc(/C=C/c2ncccc2C(=O)OC)c(/C=C/c2ncccc2C(=O)OC)nc1/C=C/c1ncccc1C(=O)OC. The number of ether oxygens (including phenoxy) is 4. The zero-order valence-corrected chi connectivity index (χ0v) is 29.5. The maximum Gasteiger partial charge on any atom is 0.340 e. The van der Waals surface area contributed by atoms with Gasteiger partial charge in [0.05, 0.1) is 96.2 Å². The zero-order valence-electron chi connectivity index (χ0n) is 29.5. The monoisotopic (exact) mass is 724 g/mol. The van der Waals surface area contributed by atoms with Gasteiger partial charge in [0.2, 0.25) is 0 Å². The van der Waals surface area contributed by atoms with Crippen molar-refractivity contribution in [1.29, 1.82) is 0 Å². The van der Waals surface area contributed by atoms with Gasteiger partial charge in [-0.15, -0.1) is 0 Å². The molecule has 14 heteroatoms. The van der Waals surface area contributed by atoms with Crippen molar-refractivity contribution in [2.75, 3.05) is 28.4 Å². The Morgan fingerprint density at radius 1 is 0.370 bits per heavy atom. The number of nitrogens with zero attached hydrogens (tertiary/aromatic N) is 6. The van der Waals surface area contributed by atoms with E-state index in [0.29, 0.717) is 45.6 Å². The normalized spacial score (nSPS) is 11.3. The van der Waals surface area contributed by atoms with Crippen molar-refractivity contribution < 1.29 is 38.1 Å². The number of carbonyl (C=O) groups excluding carboxylic acids is 4. The highest BCUT2D eigenvalue weighted by Gasteiger charge is 2.16. The fraction of sp³-hybridized carbons (Fsp3) is 0.100. The quantitative estimate of drug-likeness (QED) is 0.110. The van der Waals surface area contributed by atoms with E-state index in [9.17, 15) is 19.2 Å². The topological polar surface area (TPSA) is 183 Å². The van der Waals surface area contributed by atoms with Crippen LogP contribution in [0.1, 0.15) is 87.0 Å². The van der Waals surface area contributed by atoms with E-state index in [2.05, 4.69) is 19.9 Å². The summed E-state index contributed by atoms with van der Waals surface area (Å²) in [6, 6.07) is 12.8. The van der Waals surface area contributed by atoms with Gasteiger partial charge in [0.15, 0.2) is 0 Å². The maximum absolute atomic E-state index is 12.5. The van der Waals surface area contributed by atoms with Crippen molar-refractivity contribution in [2.24, 2.45) is 0 Å². The molecule has 270 valence electrons. The summed E-state index contributed by atoms with van der Waals surface area (Å²) in [5.41, 5.74) is 3.35. The van der Waals surface area contributed by atoms with Crippen molar-refractivity contribution in [3.05, 3.63) is 141 Å². The first kappa shape index (κ1) is 37.8. The van der Waals surface area contributed by atoms with Crippen LogP contribution in [0.25, 0.3) is 48.6 Å². The number of aromatic nitrogens is 6. The van der Waals surface area contributed by atoms with Crippen LogP contribution < -0.4 is 0 Å². The van der Waals surface area contributed by atoms with Crippen molar-refractivity contribution >= 4 is 72.5 Å². The molecule has 0 atom stereocenters. The predicted octanol–water partition coefficient (Wildman–Crippen LogP) is 5.88. The molecule has 0 amide bonds. The van der Waals surface area contributed by atoms with Crippen molar-refractivity contribution in [1.82, 2.24) is 29.9 Å². The molecule has 0 N–H and O–H groups in total. The molecule has 54 heavy (non-hydrogen) atoms. The lowest BCUT2D eigenvalue weighted by molar-refractivity contribution is 0.0591. The number of carbonyl (C=O) groups is 4. The molecule has 5 heterocycles. The molecule has 5 aromatic heterocycles. The Balaban J connectivity index is 1.74. The smallest absolute Gasteiger partial charge is 0.340 e. The van der Waals surface area contributed by atoms with Gasteiger partial charge in [0, 0.05) is 24.8 Å². The summed E-state index contributed by atoms with van der Waals surface area (Å²) in [4.78, 5) is 77.2. The highest BCUT2D eigenvalue weighted by atomic mass is 16.5. The van der Waals surface area contributed by atoms with Crippen molar-refractivity contribution in [3.8, 4) is 0 Å². The third kappa shape index (κ3) is 9.05. The highest BCUT2D eigenvalue weighted by molar-refractivity contribution is 5.97. The lowest BCUT2D eigenvalue weighted by Crippen LogP contribution is -2.06. The van der Waals surface area contributed by atoms with Gasteiger partial charge in [-0.05, 0) is 97.1 Å². The molecule has 0 aromatic carbocycles. The summed E-state index contributed by atoms with van der Waals surface area (Å²) in [6.07, 6.45) is 18.9. The second-order valence-electron chi connectivity index (χ2n) is 10.8. The standard InChI is InChI=1S/C40H32N6O8/c1-51-37(47)25-9-5-21-41-29(25)13-17-33-34(18-14-30-26(38(48)52-2)10-6-22-42-30)46-36(20-16-32-28(40(50)54-4)12-8-24-44-32)35(45-33)19-15-31-27(39(49)53-3)11-7-23-43-31/h5-24H,1-4H3/b17-13+,18-14+,19-15+,20-16+. The maximum atomic E-state index is 12.5. The van der Waals surface area contributed by atoms with Gasteiger partial charge in [0.25, 0.3) is 0 Å². The molecular weight excluding hydrogens is 692 g/mol. The number of hydrogen-bond acceptors (Lipinski definition) is 14. The van der Waals surface area contributed by atoms with Crippen LogP contribution in [0.4, 0.5) is 0 Å². The summed E-state index contributed by atoms with van der Waals surface area (Å²) in [7, 11) is 5.09. The molecule has 5 aromatic rings. The van der Waals surface area contributed by atoms with Crippen LogP contribution in [0.2, 0.25) is 0 Å². The first-order valence-corrected chi connectivity index (χ1v) is 16.1. The second-order valence-corrected chi connectivity index (χ2v) is 10.8. The van der Waals surface area contributed by atoms with Crippen LogP contribution >= 0.6 is 0 Å². The van der Waals surface area contributed by atoms with Gasteiger partial charge in [-0.1, -0.05) is 0 Å². The van der Waals surface area contributed by atoms with Gasteiger partial charge in [-0.2, -0.15) is 0 Å². The largest absolute Gasteiger partial charge is 0.465 e. The third-order valence-electron chi connectivity index (χ3n) is 7.58. The van der Waals surface area contributed by atoms with E-state index in [1.807, 2.05) is 0 Å². The number of esters is 4. The first-order valence-electron chi connectivity index (χ1n) is 16.1. The Morgan fingerprint density at radius 3 is 0.778 bits per heavy atom. The number of hydrogen-bond donors (Lipinski definition) is 0. The Hall–Kier alpha value is -7.48. The highest BCUT2D eigenvalue weighted by Crippen LogP contribution is 2.22. The lowest BCUT2D eigenvalue weighted by atomic mass is 10.1. The minimum absolute atomic E-state index is 0.222. The molecule has 0 fully saturated rings. The molecule has 0 spiro atoms. The Bertz CT molecular complexity index is 2010. The van der Waals surface area contributed by atoms with Crippen LogP contribution in [0.5, 0.6) is 0 Å². The van der Waals surface area contributed by atoms with Crippen LogP contribution in [-0.2, 0) is 18.9 Å². The van der Waals surface area contributed by atoms with Gasteiger partial charge >= 0.3 is 23.9 Å². The summed E-state index contributed by atoms with van der Waals surface area (Å²) < 4.78 is 19.7. The van der Waals surface area contributed by atoms with Gasteiger partial charge < -0.3 is 18.9 Å². The molecule has 14 nitrogen and oxygen atoms in total. The molecule has 0 radical (unpaired) electrons. The molecule has 0 saturated heterocycles. The van der Waals surface area contributed by atoms with E-state index in [1.165, 1.54) is 53.2 Å². The van der Waals surface area contributed by atoms with E-state index in [-0.39, 0.29) is 22.3 Å². The van der Waals surface area contributed by atoms with Gasteiger partial charge in [0.1, 0.15) is 0 Å². The van der Waals surface area contributed by atoms with E-state index in [4.69, 9.17) is 28.9 Å². The summed E-state index contributed by atoms with van der Waals surface area (Å²) >= 11 is 0. The van der Waals surface area contributed by atoms with Crippen LogP contribution in [-0.4, -0.2) is 82.2 Å². The zero-order chi connectivity index (χ0) is 38.5. The van der Waals surface area contributed by atoms with E-state index >= 15 is 0 Å². The van der Waals surface area contributed by atoms with E-state index in [0.717, 1.165) is 0 Å². The average Bonchev–Trinajstić information content (AvgIpc) is 3.22. The summed E-state index contributed by atoms with van der Waals surface area (Å²) in [5.74, 6) is -2.33. The number of pyridine rings is 4. The molecule has 0 saturated carbocycles. The van der Waals surface area contributed by atoms with Crippen molar-refractivity contribution in [2.45, 2.75) is 0 Å².